The van der Waals surface area contributed by atoms with Crippen LogP contribution in [-0.2, 0) is 14.9 Å². The fraction of sp³-hybridized carbons (Fsp3) is 0.364. The third-order valence-electron chi connectivity index (χ3n) is 2.36. The second-order valence-electron chi connectivity index (χ2n) is 3.40. The fourth-order valence-corrected chi connectivity index (χ4v) is 1.95. The zero-order valence-electron chi connectivity index (χ0n) is 8.28. The molecule has 1 heterocycles. The number of carbonyl (C=O) groups is 1. The molecule has 1 amide bonds. The summed E-state index contributed by atoms with van der Waals surface area (Å²) in [5.41, 5.74) is 2.13. The van der Waals surface area contributed by atoms with Crippen LogP contribution in [0.1, 0.15) is 5.56 Å². The predicted molar refractivity (Wildman–Crippen MR) is 62.2 cm³/mol. The van der Waals surface area contributed by atoms with Gasteiger partial charge < -0.3 is 9.64 Å². The van der Waals surface area contributed by atoms with Crippen molar-refractivity contribution < 1.29 is 9.53 Å². The molecule has 15 heavy (non-hydrogen) atoms. The van der Waals surface area contributed by atoms with Crippen LogP contribution in [0.15, 0.2) is 24.3 Å². The number of rotatable bonds is 2. The molecule has 4 heteroatoms. The molecule has 0 radical (unpaired) electrons. The highest BCUT2D eigenvalue weighted by Gasteiger charge is 2.19. The lowest BCUT2D eigenvalue weighted by atomic mass is 10.2. The number of amides is 1. The van der Waals surface area contributed by atoms with Gasteiger partial charge in [0, 0.05) is 17.6 Å². The molecule has 0 spiro atoms. The quantitative estimate of drug-likeness (QED) is 0.769. The Morgan fingerprint density at radius 1 is 1.47 bits per heavy atom. The number of carbonyl (C=O) groups excluding carboxylic acids is 1. The van der Waals surface area contributed by atoms with Crippen LogP contribution in [0.25, 0.3) is 0 Å². The van der Waals surface area contributed by atoms with Crippen molar-refractivity contribution in [1.29, 1.82) is 0 Å². The van der Waals surface area contributed by atoms with Gasteiger partial charge in [0.15, 0.2) is 0 Å². The second kappa shape index (κ2) is 4.77. The van der Waals surface area contributed by atoms with E-state index in [1.807, 2.05) is 24.3 Å². The molecular formula is C11H12BrNO2. The number of nitrogens with zero attached hydrogens (tertiary/aromatic N) is 1. The van der Waals surface area contributed by atoms with Crippen LogP contribution < -0.4 is 4.90 Å². The van der Waals surface area contributed by atoms with Gasteiger partial charge in [-0.25, -0.2) is 0 Å². The minimum Gasteiger partial charge on any atom is -0.370 e. The maximum absolute atomic E-state index is 11.6. The zero-order valence-corrected chi connectivity index (χ0v) is 9.87. The first-order chi connectivity index (χ1) is 7.31. The van der Waals surface area contributed by atoms with Gasteiger partial charge in [-0.1, -0.05) is 28.1 Å². The number of ether oxygens (including phenoxy) is 1. The molecule has 1 aliphatic rings. The fourth-order valence-electron chi connectivity index (χ4n) is 1.60. The maximum atomic E-state index is 11.6. The molecule has 1 aromatic carbocycles. The van der Waals surface area contributed by atoms with Crippen LogP contribution in [0, 0.1) is 0 Å². The first-order valence-electron chi connectivity index (χ1n) is 4.84. The first-order valence-corrected chi connectivity index (χ1v) is 5.96. The van der Waals surface area contributed by atoms with Gasteiger partial charge in [0.05, 0.1) is 6.61 Å². The Bertz CT molecular complexity index is 367. The summed E-state index contributed by atoms with van der Waals surface area (Å²) >= 11 is 3.40. The smallest absolute Gasteiger partial charge is 0.253 e. The van der Waals surface area contributed by atoms with E-state index in [4.69, 9.17) is 4.74 Å². The van der Waals surface area contributed by atoms with Crippen molar-refractivity contribution in [3.05, 3.63) is 29.8 Å². The Kier molecular flexibility index (Phi) is 3.38. The monoisotopic (exact) mass is 269 g/mol. The number of benzene rings is 1. The van der Waals surface area contributed by atoms with E-state index in [9.17, 15) is 4.79 Å². The summed E-state index contributed by atoms with van der Waals surface area (Å²) in [5.74, 6) is 0.0352. The summed E-state index contributed by atoms with van der Waals surface area (Å²) in [6.07, 6.45) is 0. The largest absolute Gasteiger partial charge is 0.370 e. The molecule has 80 valence electrons. The predicted octanol–water partition coefficient (Wildman–Crippen LogP) is 1.94. The third-order valence-corrected chi connectivity index (χ3v) is 3.01. The highest BCUT2D eigenvalue weighted by Crippen LogP contribution is 2.19. The van der Waals surface area contributed by atoms with E-state index in [1.54, 1.807) is 4.90 Å². The van der Waals surface area contributed by atoms with Gasteiger partial charge >= 0.3 is 0 Å². The number of halogens is 1. The summed E-state index contributed by atoms with van der Waals surface area (Å²) in [7, 11) is 0. The standard InChI is InChI=1S/C11H12BrNO2/c12-7-9-2-1-3-10(6-9)13-4-5-15-8-11(13)14/h1-3,6H,4-5,7-8H2. The molecule has 1 fully saturated rings. The van der Waals surface area contributed by atoms with Gasteiger partial charge in [0.2, 0.25) is 0 Å². The van der Waals surface area contributed by atoms with Crippen LogP contribution in [0.3, 0.4) is 0 Å². The average Bonchev–Trinajstić information content (AvgIpc) is 2.30. The van der Waals surface area contributed by atoms with Crippen LogP contribution >= 0.6 is 15.9 Å². The molecule has 0 unspecified atom stereocenters. The molecule has 0 aromatic heterocycles. The van der Waals surface area contributed by atoms with Crippen LogP contribution in [0.2, 0.25) is 0 Å². The Labute approximate surface area is 97.2 Å². The molecule has 0 atom stereocenters. The SMILES string of the molecule is O=C1COCCN1c1cccc(CBr)c1. The molecule has 0 saturated carbocycles. The van der Waals surface area contributed by atoms with Gasteiger partial charge in [-0.3, -0.25) is 4.79 Å². The maximum Gasteiger partial charge on any atom is 0.253 e. The molecule has 1 aliphatic heterocycles. The minimum absolute atomic E-state index is 0.0352. The molecular weight excluding hydrogens is 258 g/mol. The average molecular weight is 270 g/mol. The number of hydrogen-bond donors (Lipinski definition) is 0. The number of hydrogen-bond acceptors (Lipinski definition) is 2. The summed E-state index contributed by atoms with van der Waals surface area (Å²) in [6.45, 7) is 1.45. The number of morpholine rings is 1. The van der Waals surface area contributed by atoms with Crippen molar-refractivity contribution in [3.8, 4) is 0 Å². The van der Waals surface area contributed by atoms with Gasteiger partial charge in [0.25, 0.3) is 5.91 Å². The number of alkyl halides is 1. The van der Waals surface area contributed by atoms with Crippen molar-refractivity contribution in [3.63, 3.8) is 0 Å². The Morgan fingerprint density at radius 3 is 3.07 bits per heavy atom. The molecule has 2 rings (SSSR count). The van der Waals surface area contributed by atoms with Crippen molar-refractivity contribution in [1.82, 2.24) is 0 Å². The normalized spacial score (nSPS) is 16.9. The summed E-state index contributed by atoms with van der Waals surface area (Å²) in [5, 5.41) is 0.805. The highest BCUT2D eigenvalue weighted by molar-refractivity contribution is 9.08. The van der Waals surface area contributed by atoms with Gasteiger partial charge in [-0.15, -0.1) is 0 Å². The minimum atomic E-state index is 0.0352. The first kappa shape index (κ1) is 10.6. The number of anilines is 1. The van der Waals surface area contributed by atoms with Crippen LogP contribution in [0.5, 0.6) is 0 Å². The van der Waals surface area contributed by atoms with E-state index in [0.29, 0.717) is 13.2 Å². The van der Waals surface area contributed by atoms with E-state index in [-0.39, 0.29) is 12.5 Å². The van der Waals surface area contributed by atoms with E-state index in [1.165, 1.54) is 5.56 Å². The lowest BCUT2D eigenvalue weighted by Crippen LogP contribution is -2.41. The van der Waals surface area contributed by atoms with Gasteiger partial charge in [-0.05, 0) is 17.7 Å². The van der Waals surface area contributed by atoms with E-state index < -0.39 is 0 Å². The Hall–Kier alpha value is -0.870. The van der Waals surface area contributed by atoms with E-state index in [0.717, 1.165) is 11.0 Å². The zero-order chi connectivity index (χ0) is 10.7. The molecule has 3 nitrogen and oxygen atoms in total. The summed E-state index contributed by atoms with van der Waals surface area (Å²) < 4.78 is 5.09. The van der Waals surface area contributed by atoms with Crippen molar-refractivity contribution in [2.24, 2.45) is 0 Å². The topological polar surface area (TPSA) is 29.5 Å². The van der Waals surface area contributed by atoms with Crippen molar-refractivity contribution in [2.75, 3.05) is 24.7 Å². The van der Waals surface area contributed by atoms with Crippen LogP contribution in [-0.4, -0.2) is 25.7 Å². The summed E-state index contributed by atoms with van der Waals surface area (Å²) in [6, 6.07) is 7.98. The summed E-state index contributed by atoms with van der Waals surface area (Å²) in [4.78, 5) is 13.4. The van der Waals surface area contributed by atoms with Gasteiger partial charge in [-0.2, -0.15) is 0 Å². The highest BCUT2D eigenvalue weighted by atomic mass is 79.9. The second-order valence-corrected chi connectivity index (χ2v) is 3.96. The molecule has 0 N–H and O–H groups in total. The molecule has 0 bridgehead atoms. The van der Waals surface area contributed by atoms with Crippen molar-refractivity contribution >= 4 is 27.5 Å². The lowest BCUT2D eigenvalue weighted by Gasteiger charge is -2.27. The Balaban J connectivity index is 2.23. The van der Waals surface area contributed by atoms with Crippen molar-refractivity contribution in [2.45, 2.75) is 5.33 Å². The van der Waals surface area contributed by atoms with Gasteiger partial charge in [0.1, 0.15) is 6.61 Å². The molecule has 1 aromatic rings. The lowest BCUT2D eigenvalue weighted by molar-refractivity contribution is -0.125. The van der Waals surface area contributed by atoms with E-state index in [2.05, 4.69) is 15.9 Å². The van der Waals surface area contributed by atoms with Crippen LogP contribution in [0.4, 0.5) is 5.69 Å². The van der Waals surface area contributed by atoms with E-state index >= 15 is 0 Å². The Morgan fingerprint density at radius 2 is 2.33 bits per heavy atom. The molecule has 0 aliphatic carbocycles. The molecule has 1 saturated heterocycles. The third kappa shape index (κ3) is 2.38.